The number of aromatic amines is 1. The molecule has 0 saturated carbocycles. The normalized spacial score (nSPS) is 11.6. The molecule has 0 radical (unpaired) electrons. The second-order valence-corrected chi connectivity index (χ2v) is 7.43. The van der Waals surface area contributed by atoms with Crippen LogP contribution >= 0.6 is 11.6 Å². The van der Waals surface area contributed by atoms with Crippen LogP contribution in [-0.4, -0.2) is 37.6 Å². The van der Waals surface area contributed by atoms with Gasteiger partial charge in [0.15, 0.2) is 5.69 Å². The molecule has 7 nitrogen and oxygen atoms in total. The van der Waals surface area contributed by atoms with Crippen LogP contribution < -0.4 is 10.0 Å². The molecule has 2 aromatic carbocycles. The molecule has 0 aliphatic heterocycles. The van der Waals surface area contributed by atoms with E-state index in [-0.39, 0.29) is 29.6 Å². The summed E-state index contributed by atoms with van der Waals surface area (Å²) in [6.45, 7) is 0.169. The molecule has 1 heterocycles. The Morgan fingerprint density at radius 3 is 2.72 bits per heavy atom. The molecule has 25 heavy (non-hydrogen) atoms. The van der Waals surface area contributed by atoms with E-state index in [0.717, 1.165) is 5.52 Å². The van der Waals surface area contributed by atoms with Gasteiger partial charge in [-0.05, 0) is 24.3 Å². The maximum atomic E-state index is 12.2. The van der Waals surface area contributed by atoms with Crippen molar-refractivity contribution in [2.24, 2.45) is 0 Å². The Kier molecular flexibility index (Phi) is 5.03. The van der Waals surface area contributed by atoms with Gasteiger partial charge in [-0.1, -0.05) is 35.9 Å². The first-order valence-corrected chi connectivity index (χ1v) is 9.30. The average Bonchev–Trinajstić information content (AvgIpc) is 3.03. The number of hydrogen-bond acceptors (Lipinski definition) is 4. The lowest BCUT2D eigenvalue weighted by molar-refractivity contribution is 0.0951. The number of aromatic nitrogens is 2. The molecule has 1 amide bonds. The molecular weight excluding hydrogens is 364 g/mol. The van der Waals surface area contributed by atoms with E-state index < -0.39 is 10.0 Å². The molecule has 0 aliphatic rings. The smallest absolute Gasteiger partial charge is 0.272 e. The van der Waals surface area contributed by atoms with Gasteiger partial charge in [0, 0.05) is 23.5 Å². The fraction of sp³-hybridized carbons (Fsp3) is 0.125. The van der Waals surface area contributed by atoms with Crippen LogP contribution in [0.4, 0.5) is 0 Å². The third kappa shape index (κ3) is 3.98. The van der Waals surface area contributed by atoms with Crippen LogP contribution in [0.1, 0.15) is 10.5 Å². The SMILES string of the molecule is O=C(NCCNS(=O)(=O)c1cccc(Cl)c1)c1n[nH]c2ccccc12. The zero-order chi connectivity index (χ0) is 17.9. The van der Waals surface area contributed by atoms with E-state index in [1.807, 2.05) is 18.2 Å². The Hall–Kier alpha value is -2.42. The average molecular weight is 379 g/mol. The van der Waals surface area contributed by atoms with Crippen LogP contribution in [0.5, 0.6) is 0 Å². The lowest BCUT2D eigenvalue weighted by atomic mass is 10.2. The quantitative estimate of drug-likeness (QED) is 0.570. The van der Waals surface area contributed by atoms with Gasteiger partial charge in [0.05, 0.1) is 10.4 Å². The zero-order valence-corrected chi connectivity index (χ0v) is 14.6. The third-order valence-electron chi connectivity index (χ3n) is 3.49. The highest BCUT2D eigenvalue weighted by Gasteiger charge is 2.15. The molecule has 130 valence electrons. The van der Waals surface area contributed by atoms with E-state index in [4.69, 9.17) is 11.6 Å². The minimum absolute atomic E-state index is 0.0446. The van der Waals surface area contributed by atoms with Crippen LogP contribution in [-0.2, 0) is 10.0 Å². The topological polar surface area (TPSA) is 104 Å². The summed E-state index contributed by atoms with van der Waals surface area (Å²) in [6.07, 6.45) is 0. The number of rotatable bonds is 6. The predicted molar refractivity (Wildman–Crippen MR) is 95.1 cm³/mol. The number of para-hydroxylation sites is 1. The van der Waals surface area contributed by atoms with Gasteiger partial charge in [0.2, 0.25) is 10.0 Å². The molecule has 3 aromatic rings. The highest BCUT2D eigenvalue weighted by atomic mass is 35.5. The van der Waals surface area contributed by atoms with Crippen molar-refractivity contribution in [3.05, 3.63) is 59.2 Å². The molecule has 3 rings (SSSR count). The van der Waals surface area contributed by atoms with Gasteiger partial charge in [-0.15, -0.1) is 0 Å². The highest BCUT2D eigenvalue weighted by Crippen LogP contribution is 2.15. The fourth-order valence-corrected chi connectivity index (χ4v) is 3.63. The summed E-state index contributed by atoms with van der Waals surface area (Å²) in [6, 6.07) is 13.2. The number of carbonyl (C=O) groups excluding carboxylic acids is 1. The van der Waals surface area contributed by atoms with Crippen LogP contribution in [0, 0.1) is 0 Å². The molecular formula is C16H15ClN4O3S. The number of benzene rings is 2. The van der Waals surface area contributed by atoms with Crippen molar-refractivity contribution >= 4 is 38.4 Å². The molecule has 0 fully saturated rings. The van der Waals surface area contributed by atoms with Crippen molar-refractivity contribution in [3.8, 4) is 0 Å². The highest BCUT2D eigenvalue weighted by molar-refractivity contribution is 7.89. The lowest BCUT2D eigenvalue weighted by Gasteiger charge is -2.08. The van der Waals surface area contributed by atoms with E-state index >= 15 is 0 Å². The van der Waals surface area contributed by atoms with E-state index in [9.17, 15) is 13.2 Å². The molecule has 0 saturated heterocycles. The number of H-pyrrole nitrogens is 1. The van der Waals surface area contributed by atoms with E-state index in [1.54, 1.807) is 18.2 Å². The van der Waals surface area contributed by atoms with Gasteiger partial charge in [0.25, 0.3) is 5.91 Å². The van der Waals surface area contributed by atoms with Crippen LogP contribution in [0.25, 0.3) is 10.9 Å². The van der Waals surface area contributed by atoms with Crippen molar-refractivity contribution in [1.82, 2.24) is 20.2 Å². The number of sulfonamides is 1. The van der Waals surface area contributed by atoms with Crippen molar-refractivity contribution in [2.75, 3.05) is 13.1 Å². The van der Waals surface area contributed by atoms with Crippen LogP contribution in [0.3, 0.4) is 0 Å². The Morgan fingerprint density at radius 1 is 1.12 bits per heavy atom. The number of halogens is 1. The maximum absolute atomic E-state index is 12.2. The molecule has 1 aromatic heterocycles. The number of nitrogens with zero attached hydrogens (tertiary/aromatic N) is 1. The number of carbonyl (C=O) groups is 1. The minimum Gasteiger partial charge on any atom is -0.349 e. The largest absolute Gasteiger partial charge is 0.349 e. The molecule has 0 atom stereocenters. The molecule has 0 aliphatic carbocycles. The Bertz CT molecular complexity index is 1020. The summed E-state index contributed by atoms with van der Waals surface area (Å²) in [5, 5.41) is 10.4. The molecule has 9 heteroatoms. The minimum atomic E-state index is -3.68. The summed E-state index contributed by atoms with van der Waals surface area (Å²) in [7, 11) is -3.68. The van der Waals surface area contributed by atoms with E-state index in [2.05, 4.69) is 20.2 Å². The first-order valence-electron chi connectivity index (χ1n) is 7.44. The fourth-order valence-electron chi connectivity index (χ4n) is 2.30. The molecule has 0 unspecified atom stereocenters. The number of fused-ring (bicyclic) bond motifs is 1. The second kappa shape index (κ2) is 7.22. The first-order chi connectivity index (χ1) is 12.0. The molecule has 0 spiro atoms. The first kappa shape index (κ1) is 17.4. The third-order valence-corrected chi connectivity index (χ3v) is 5.19. The molecule has 0 bridgehead atoms. The van der Waals surface area contributed by atoms with Crippen molar-refractivity contribution in [3.63, 3.8) is 0 Å². The number of hydrogen-bond donors (Lipinski definition) is 3. The lowest BCUT2D eigenvalue weighted by Crippen LogP contribution is -2.34. The van der Waals surface area contributed by atoms with Gasteiger partial charge in [-0.2, -0.15) is 5.10 Å². The van der Waals surface area contributed by atoms with Crippen molar-refractivity contribution in [2.45, 2.75) is 4.90 Å². The summed E-state index contributed by atoms with van der Waals surface area (Å²) < 4.78 is 26.7. The molecule has 3 N–H and O–H groups in total. The van der Waals surface area contributed by atoms with E-state index in [0.29, 0.717) is 10.4 Å². The monoisotopic (exact) mass is 378 g/mol. The van der Waals surface area contributed by atoms with Crippen LogP contribution in [0.15, 0.2) is 53.4 Å². The standard InChI is InChI=1S/C16H15ClN4O3S/c17-11-4-3-5-12(10-11)25(23,24)19-9-8-18-16(22)15-13-6-1-2-7-14(13)20-21-15/h1-7,10,19H,8-9H2,(H,18,22)(H,20,21). The van der Waals surface area contributed by atoms with Gasteiger partial charge < -0.3 is 5.32 Å². The van der Waals surface area contributed by atoms with Crippen molar-refractivity contribution < 1.29 is 13.2 Å². The van der Waals surface area contributed by atoms with Gasteiger partial charge >= 0.3 is 0 Å². The maximum Gasteiger partial charge on any atom is 0.272 e. The van der Waals surface area contributed by atoms with E-state index in [1.165, 1.54) is 12.1 Å². The summed E-state index contributed by atoms with van der Waals surface area (Å²) in [5.74, 6) is -0.376. The van der Waals surface area contributed by atoms with Gasteiger partial charge in [-0.25, -0.2) is 13.1 Å². The summed E-state index contributed by atoms with van der Waals surface area (Å²) in [4.78, 5) is 12.2. The van der Waals surface area contributed by atoms with Crippen molar-refractivity contribution in [1.29, 1.82) is 0 Å². The van der Waals surface area contributed by atoms with Crippen LogP contribution in [0.2, 0.25) is 5.02 Å². The Morgan fingerprint density at radius 2 is 1.92 bits per heavy atom. The number of nitrogens with one attached hydrogen (secondary N) is 3. The Labute approximate surface area is 149 Å². The summed E-state index contributed by atoms with van der Waals surface area (Å²) >= 11 is 5.80. The van der Waals surface area contributed by atoms with Gasteiger partial charge in [-0.3, -0.25) is 9.89 Å². The number of amides is 1. The Balaban J connectivity index is 1.57. The predicted octanol–water partition coefficient (Wildman–Crippen LogP) is 1.92. The summed E-state index contributed by atoms with van der Waals surface area (Å²) in [5.41, 5.74) is 1.03. The van der Waals surface area contributed by atoms with Gasteiger partial charge in [0.1, 0.15) is 0 Å². The zero-order valence-electron chi connectivity index (χ0n) is 13.0. The second-order valence-electron chi connectivity index (χ2n) is 5.23.